The van der Waals surface area contributed by atoms with Gasteiger partial charge in [-0.15, -0.1) is 0 Å². The average molecular weight is 503 g/mol. The lowest BCUT2D eigenvalue weighted by atomic mass is 9.95. The largest absolute Gasteiger partial charge is 0.507 e. The molecule has 182 valence electrons. The first-order chi connectivity index (χ1) is 17.4. The van der Waals surface area contributed by atoms with Gasteiger partial charge in [0.05, 0.1) is 22.4 Å². The minimum absolute atomic E-state index is 0.0941. The Balaban J connectivity index is 1.66. The third-order valence-electron chi connectivity index (χ3n) is 5.98. The van der Waals surface area contributed by atoms with Crippen LogP contribution in [0, 0.1) is 12.7 Å². The van der Waals surface area contributed by atoms with Crippen molar-refractivity contribution < 1.29 is 23.8 Å². The molecule has 1 unspecified atom stereocenters. The summed E-state index contributed by atoms with van der Waals surface area (Å²) < 4.78 is 21.5. The highest BCUT2D eigenvalue weighted by atomic mass is 32.1. The molecule has 0 radical (unpaired) electrons. The van der Waals surface area contributed by atoms with Gasteiger partial charge >= 0.3 is 5.91 Å². The molecule has 0 saturated carbocycles. The number of Topliss-reactive ketones (excluding diaryl/α,β-unsaturated/α-hetero) is 1. The van der Waals surface area contributed by atoms with Crippen molar-refractivity contribution in [3.05, 3.63) is 94.8 Å². The quantitative estimate of drug-likeness (QED) is 0.194. The number of halogens is 1. The average Bonchev–Trinajstić information content (AvgIpc) is 3.40. The van der Waals surface area contributed by atoms with Crippen molar-refractivity contribution in [3.8, 4) is 5.75 Å². The summed E-state index contributed by atoms with van der Waals surface area (Å²) in [5, 5.41) is 11.5. The summed E-state index contributed by atoms with van der Waals surface area (Å²) in [6.45, 7) is 4.49. The molecule has 6 nitrogen and oxygen atoms in total. The molecule has 0 spiro atoms. The Morgan fingerprint density at radius 3 is 2.58 bits per heavy atom. The highest BCUT2D eigenvalue weighted by molar-refractivity contribution is 7.22. The second-order valence-corrected chi connectivity index (χ2v) is 9.54. The zero-order chi connectivity index (χ0) is 25.4. The smallest absolute Gasteiger partial charge is 0.301 e. The van der Waals surface area contributed by atoms with Crippen LogP contribution in [0.3, 0.4) is 0 Å². The molecule has 1 atom stereocenters. The van der Waals surface area contributed by atoms with E-state index in [0.717, 1.165) is 16.7 Å². The summed E-state index contributed by atoms with van der Waals surface area (Å²) in [6.07, 6.45) is 0.846. The first kappa shape index (κ1) is 23.7. The predicted octanol–water partition coefficient (Wildman–Crippen LogP) is 6.16. The summed E-state index contributed by atoms with van der Waals surface area (Å²) in [7, 11) is 0. The van der Waals surface area contributed by atoms with Crippen LogP contribution in [0.4, 0.5) is 9.52 Å². The van der Waals surface area contributed by atoms with Crippen LogP contribution in [0.1, 0.15) is 36.1 Å². The number of aromatic nitrogens is 1. The summed E-state index contributed by atoms with van der Waals surface area (Å²) in [5.74, 6) is -2.14. The van der Waals surface area contributed by atoms with Gasteiger partial charge in [0.1, 0.15) is 23.4 Å². The number of thiazole rings is 1. The van der Waals surface area contributed by atoms with Crippen LogP contribution in [0.15, 0.2) is 72.3 Å². The van der Waals surface area contributed by atoms with Gasteiger partial charge in [0, 0.05) is 11.1 Å². The van der Waals surface area contributed by atoms with E-state index in [4.69, 9.17) is 4.74 Å². The van der Waals surface area contributed by atoms with E-state index < -0.39 is 23.5 Å². The van der Waals surface area contributed by atoms with Gasteiger partial charge in [0.2, 0.25) is 0 Å². The molecular weight excluding hydrogens is 479 g/mol. The van der Waals surface area contributed by atoms with Crippen molar-refractivity contribution in [2.75, 3.05) is 11.5 Å². The Morgan fingerprint density at radius 1 is 1.11 bits per heavy atom. The van der Waals surface area contributed by atoms with Gasteiger partial charge in [-0.2, -0.15) is 0 Å². The number of amides is 1. The summed E-state index contributed by atoms with van der Waals surface area (Å²) in [5.41, 5.74) is 1.91. The lowest BCUT2D eigenvalue weighted by Crippen LogP contribution is -2.29. The maximum atomic E-state index is 15.1. The maximum Gasteiger partial charge on any atom is 0.301 e. The van der Waals surface area contributed by atoms with E-state index in [1.54, 1.807) is 30.3 Å². The zero-order valence-electron chi connectivity index (χ0n) is 19.7. The lowest BCUT2D eigenvalue weighted by Gasteiger charge is -2.23. The molecular formula is C28H23FN2O4S. The molecule has 2 heterocycles. The van der Waals surface area contributed by atoms with E-state index >= 15 is 4.39 Å². The number of carbonyl (C=O) groups is 2. The van der Waals surface area contributed by atoms with Gasteiger partial charge in [-0.3, -0.25) is 14.5 Å². The molecule has 5 rings (SSSR count). The number of anilines is 1. The van der Waals surface area contributed by atoms with Crippen molar-refractivity contribution in [1.29, 1.82) is 0 Å². The number of hydrogen-bond donors (Lipinski definition) is 1. The third-order valence-corrected chi connectivity index (χ3v) is 7.00. The number of aliphatic hydroxyl groups is 1. The van der Waals surface area contributed by atoms with Crippen molar-refractivity contribution >= 4 is 44.1 Å². The molecule has 3 aromatic carbocycles. The lowest BCUT2D eigenvalue weighted by molar-refractivity contribution is -0.132. The molecule has 1 aliphatic heterocycles. The molecule has 4 aromatic rings. The maximum absolute atomic E-state index is 15.1. The van der Waals surface area contributed by atoms with E-state index in [2.05, 4.69) is 4.98 Å². The number of benzene rings is 3. The van der Waals surface area contributed by atoms with E-state index in [1.807, 2.05) is 32.0 Å². The number of aliphatic hydroxyl groups excluding tert-OH is 1. The van der Waals surface area contributed by atoms with Crippen LogP contribution in [0.2, 0.25) is 0 Å². The summed E-state index contributed by atoms with van der Waals surface area (Å²) in [6, 6.07) is 17.0. The van der Waals surface area contributed by atoms with E-state index in [0.29, 0.717) is 23.4 Å². The normalized spacial score (nSPS) is 17.2. The molecule has 0 aliphatic carbocycles. The number of aryl methyl sites for hydroxylation is 1. The van der Waals surface area contributed by atoms with Crippen molar-refractivity contribution in [1.82, 2.24) is 4.98 Å². The number of nitrogens with zero attached hydrogens (tertiary/aromatic N) is 2. The molecule has 8 heteroatoms. The molecule has 1 aliphatic rings. The fourth-order valence-corrected chi connectivity index (χ4v) is 5.32. The second kappa shape index (κ2) is 9.54. The molecule has 36 heavy (non-hydrogen) atoms. The Labute approximate surface area is 211 Å². The Kier molecular flexibility index (Phi) is 6.28. The van der Waals surface area contributed by atoms with Crippen molar-refractivity contribution in [2.24, 2.45) is 0 Å². The summed E-state index contributed by atoms with van der Waals surface area (Å²) >= 11 is 1.24. The Hall–Kier alpha value is -4.04. The number of hydrogen-bond acceptors (Lipinski definition) is 6. The van der Waals surface area contributed by atoms with Gasteiger partial charge in [-0.05, 0) is 61.4 Å². The molecule has 0 bridgehead atoms. The summed E-state index contributed by atoms with van der Waals surface area (Å²) in [4.78, 5) is 32.4. The highest BCUT2D eigenvalue weighted by Crippen LogP contribution is 2.45. The topological polar surface area (TPSA) is 79.7 Å². The second-order valence-electron chi connectivity index (χ2n) is 8.53. The Bertz CT molecular complexity index is 1510. The molecule has 1 fully saturated rings. The van der Waals surface area contributed by atoms with Crippen LogP contribution in [0.5, 0.6) is 5.75 Å². The predicted molar refractivity (Wildman–Crippen MR) is 138 cm³/mol. The SMILES string of the molecule is CCCOc1ccc(C(O)=C2C(=O)C(=O)N(c3nc4ccc(C)cc4s3)C2c2ccccc2F)cc1. The Morgan fingerprint density at radius 2 is 1.86 bits per heavy atom. The van der Waals surface area contributed by atoms with E-state index in [-0.39, 0.29) is 22.0 Å². The van der Waals surface area contributed by atoms with Crippen LogP contribution in [0.25, 0.3) is 16.0 Å². The van der Waals surface area contributed by atoms with Crippen molar-refractivity contribution in [2.45, 2.75) is 26.3 Å². The molecule has 1 saturated heterocycles. The minimum Gasteiger partial charge on any atom is -0.507 e. The molecule has 1 amide bonds. The molecule has 1 N–H and O–H groups in total. The number of rotatable bonds is 6. The fraction of sp³-hybridized carbons (Fsp3) is 0.179. The van der Waals surface area contributed by atoms with Crippen LogP contribution in [-0.2, 0) is 9.59 Å². The van der Waals surface area contributed by atoms with Crippen LogP contribution < -0.4 is 9.64 Å². The van der Waals surface area contributed by atoms with E-state index in [1.165, 1.54) is 34.4 Å². The van der Waals surface area contributed by atoms with Gasteiger partial charge in [-0.1, -0.05) is 42.5 Å². The number of ether oxygens (including phenoxy) is 1. The molecule has 1 aromatic heterocycles. The van der Waals surface area contributed by atoms with Gasteiger partial charge < -0.3 is 9.84 Å². The van der Waals surface area contributed by atoms with Gasteiger partial charge in [-0.25, -0.2) is 9.37 Å². The first-order valence-corrected chi connectivity index (χ1v) is 12.4. The van der Waals surface area contributed by atoms with Crippen molar-refractivity contribution in [3.63, 3.8) is 0 Å². The standard InChI is InChI=1S/C28H23FN2O4S/c1-3-14-35-18-11-9-17(10-12-18)25(32)23-24(19-6-4-5-7-20(19)29)31(27(34)26(23)33)28-30-21-13-8-16(2)15-22(21)36-28/h4-13,15,24,32H,3,14H2,1-2H3. The van der Waals surface area contributed by atoms with Gasteiger partial charge in [0.25, 0.3) is 5.78 Å². The monoisotopic (exact) mass is 502 g/mol. The number of ketones is 1. The third kappa shape index (κ3) is 4.13. The minimum atomic E-state index is -1.18. The van der Waals surface area contributed by atoms with Crippen LogP contribution in [-0.4, -0.2) is 28.4 Å². The van der Waals surface area contributed by atoms with Gasteiger partial charge in [0.15, 0.2) is 5.13 Å². The number of fused-ring (bicyclic) bond motifs is 1. The first-order valence-electron chi connectivity index (χ1n) is 11.5. The van der Waals surface area contributed by atoms with E-state index in [9.17, 15) is 14.7 Å². The van der Waals surface area contributed by atoms with Crippen LogP contribution >= 0.6 is 11.3 Å². The zero-order valence-corrected chi connectivity index (χ0v) is 20.5. The fourth-order valence-electron chi connectivity index (χ4n) is 4.23. The highest BCUT2D eigenvalue weighted by Gasteiger charge is 2.49. The number of carbonyl (C=O) groups excluding carboxylic acids is 2.